The summed E-state index contributed by atoms with van der Waals surface area (Å²) in [4.78, 5) is 27.8. The Labute approximate surface area is 167 Å². The molecule has 3 rings (SSSR count). The van der Waals surface area contributed by atoms with E-state index in [4.69, 9.17) is 14.6 Å². The van der Waals surface area contributed by atoms with E-state index in [2.05, 4.69) is 10.3 Å². The molecule has 7 nitrogen and oxygen atoms in total. The summed E-state index contributed by atoms with van der Waals surface area (Å²) in [5.74, 6) is -0.931. The van der Waals surface area contributed by atoms with E-state index in [-0.39, 0.29) is 30.1 Å². The summed E-state index contributed by atoms with van der Waals surface area (Å²) in [7, 11) is 1.55. The fourth-order valence-electron chi connectivity index (χ4n) is 2.70. The van der Waals surface area contributed by atoms with Gasteiger partial charge in [0.2, 0.25) is 0 Å². The topological polar surface area (TPSA) is 97.8 Å². The molecule has 0 aliphatic rings. The zero-order chi connectivity index (χ0) is 19.4. The van der Waals surface area contributed by atoms with Crippen molar-refractivity contribution in [3.63, 3.8) is 0 Å². The average molecular weight is 403 g/mol. The molecular weight excluding hydrogens is 384 g/mol. The van der Waals surface area contributed by atoms with E-state index in [9.17, 15) is 9.59 Å². The maximum absolute atomic E-state index is 12.4. The number of nitrogens with one attached hydrogen (secondary N) is 1. The number of methoxy groups -OCH3 is 1. The highest BCUT2D eigenvalue weighted by atomic mass is 35.5. The van der Waals surface area contributed by atoms with Crippen LogP contribution in [-0.4, -0.2) is 35.7 Å². The minimum Gasteiger partial charge on any atom is -0.494 e. The number of carbonyl (C=O) groups is 2. The van der Waals surface area contributed by atoms with Crippen molar-refractivity contribution >= 4 is 46.6 Å². The van der Waals surface area contributed by atoms with Gasteiger partial charge in [0.05, 0.1) is 25.0 Å². The van der Waals surface area contributed by atoms with Crippen LogP contribution in [0.3, 0.4) is 0 Å². The number of hydrogen-bond acceptors (Lipinski definition) is 6. The minimum atomic E-state index is -1.01. The SMILES string of the molecule is CCOC(=O)c1cnc2c(OC)cccc2c1Nc1ccc(C(=O)O)cc1.Cl. The second-order valence-corrected chi connectivity index (χ2v) is 5.63. The van der Waals surface area contributed by atoms with Crippen molar-refractivity contribution in [3.05, 3.63) is 59.8 Å². The Kier molecular flexibility index (Phi) is 6.79. The zero-order valence-electron chi connectivity index (χ0n) is 15.3. The molecular formula is C20H19ClN2O5. The molecule has 0 atom stereocenters. The summed E-state index contributed by atoms with van der Waals surface area (Å²) in [6.45, 7) is 1.97. The molecule has 0 fully saturated rings. The molecule has 8 heteroatoms. The number of pyridine rings is 1. The first-order valence-electron chi connectivity index (χ1n) is 8.28. The summed E-state index contributed by atoms with van der Waals surface area (Å²) in [5, 5.41) is 12.9. The number of aromatic nitrogens is 1. The normalized spacial score (nSPS) is 10.1. The monoisotopic (exact) mass is 402 g/mol. The molecule has 0 spiro atoms. The van der Waals surface area contributed by atoms with Gasteiger partial charge < -0.3 is 19.9 Å². The summed E-state index contributed by atoms with van der Waals surface area (Å²) in [6, 6.07) is 11.6. The number of carbonyl (C=O) groups excluding carboxylic acids is 1. The lowest BCUT2D eigenvalue weighted by Gasteiger charge is -2.15. The third-order valence-corrected chi connectivity index (χ3v) is 3.98. The molecule has 0 bridgehead atoms. The van der Waals surface area contributed by atoms with Gasteiger partial charge in [-0.15, -0.1) is 12.4 Å². The second kappa shape index (κ2) is 9.05. The van der Waals surface area contributed by atoms with Crippen LogP contribution >= 0.6 is 12.4 Å². The van der Waals surface area contributed by atoms with Crippen LogP contribution in [0.2, 0.25) is 0 Å². The molecule has 0 amide bonds. The van der Waals surface area contributed by atoms with Gasteiger partial charge in [0.1, 0.15) is 16.8 Å². The van der Waals surface area contributed by atoms with Gasteiger partial charge >= 0.3 is 11.9 Å². The van der Waals surface area contributed by atoms with Gasteiger partial charge in [-0.2, -0.15) is 0 Å². The average Bonchev–Trinajstić information content (AvgIpc) is 2.68. The van der Waals surface area contributed by atoms with E-state index in [1.807, 2.05) is 6.07 Å². The van der Waals surface area contributed by atoms with E-state index in [0.29, 0.717) is 28.0 Å². The van der Waals surface area contributed by atoms with Crippen molar-refractivity contribution in [2.75, 3.05) is 19.0 Å². The van der Waals surface area contributed by atoms with Crippen LogP contribution in [0.25, 0.3) is 10.9 Å². The zero-order valence-corrected chi connectivity index (χ0v) is 16.1. The van der Waals surface area contributed by atoms with E-state index < -0.39 is 11.9 Å². The number of esters is 1. The van der Waals surface area contributed by atoms with Crippen LogP contribution in [0.4, 0.5) is 11.4 Å². The number of nitrogens with zero attached hydrogens (tertiary/aromatic N) is 1. The molecule has 2 aromatic carbocycles. The van der Waals surface area contributed by atoms with Crippen molar-refractivity contribution in [1.82, 2.24) is 4.98 Å². The third kappa shape index (κ3) is 4.15. The maximum Gasteiger partial charge on any atom is 0.341 e. The highest BCUT2D eigenvalue weighted by Crippen LogP contribution is 2.33. The number of rotatable bonds is 6. The van der Waals surface area contributed by atoms with Crippen molar-refractivity contribution in [3.8, 4) is 5.75 Å². The molecule has 28 heavy (non-hydrogen) atoms. The van der Waals surface area contributed by atoms with Gasteiger partial charge in [0.25, 0.3) is 0 Å². The number of hydrogen-bond donors (Lipinski definition) is 2. The molecule has 0 radical (unpaired) electrons. The first-order chi connectivity index (χ1) is 13.0. The summed E-state index contributed by atoms with van der Waals surface area (Å²) < 4.78 is 10.5. The Bertz CT molecular complexity index is 1010. The van der Waals surface area contributed by atoms with Crippen LogP contribution in [-0.2, 0) is 4.74 Å². The van der Waals surface area contributed by atoms with Gasteiger partial charge in [-0.3, -0.25) is 4.98 Å². The highest BCUT2D eigenvalue weighted by molar-refractivity contribution is 6.07. The summed E-state index contributed by atoms with van der Waals surface area (Å²) in [6.07, 6.45) is 1.44. The molecule has 0 aliphatic heterocycles. The Morgan fingerprint density at radius 2 is 1.86 bits per heavy atom. The molecule has 0 unspecified atom stereocenters. The van der Waals surface area contributed by atoms with E-state index >= 15 is 0 Å². The van der Waals surface area contributed by atoms with Crippen molar-refractivity contribution in [2.24, 2.45) is 0 Å². The van der Waals surface area contributed by atoms with Gasteiger partial charge in [-0.25, -0.2) is 9.59 Å². The number of fused-ring (bicyclic) bond motifs is 1. The lowest BCUT2D eigenvalue weighted by molar-refractivity contribution is 0.0526. The summed E-state index contributed by atoms with van der Waals surface area (Å²) >= 11 is 0. The number of carboxylic acids is 1. The van der Waals surface area contributed by atoms with Gasteiger partial charge in [0.15, 0.2) is 0 Å². The van der Waals surface area contributed by atoms with E-state index in [1.54, 1.807) is 38.3 Å². The lowest BCUT2D eigenvalue weighted by atomic mass is 10.1. The fourth-order valence-corrected chi connectivity index (χ4v) is 2.70. The molecule has 1 heterocycles. The maximum atomic E-state index is 12.4. The third-order valence-electron chi connectivity index (χ3n) is 3.98. The van der Waals surface area contributed by atoms with Crippen molar-refractivity contribution in [2.45, 2.75) is 6.92 Å². The standard InChI is InChI=1S/C20H18N2O5.ClH/c1-3-27-20(25)15-11-21-18-14(5-4-6-16(18)26-2)17(15)22-13-9-7-12(8-10-13)19(23)24;/h4-11H,3H2,1-2H3,(H,21,22)(H,23,24);1H. The largest absolute Gasteiger partial charge is 0.494 e. The smallest absolute Gasteiger partial charge is 0.341 e. The number of carboxylic acid groups (broad SMARTS) is 1. The Morgan fingerprint density at radius 1 is 1.14 bits per heavy atom. The van der Waals surface area contributed by atoms with Gasteiger partial charge in [0, 0.05) is 17.3 Å². The molecule has 146 valence electrons. The molecule has 1 aromatic heterocycles. The Balaban J connectivity index is 0.00000280. The Hall–Kier alpha value is -3.32. The van der Waals surface area contributed by atoms with Crippen molar-refractivity contribution < 1.29 is 24.2 Å². The van der Waals surface area contributed by atoms with Crippen molar-refractivity contribution in [1.29, 1.82) is 0 Å². The van der Waals surface area contributed by atoms with Crippen LogP contribution in [0.5, 0.6) is 5.75 Å². The second-order valence-electron chi connectivity index (χ2n) is 5.63. The van der Waals surface area contributed by atoms with Crippen LogP contribution in [0, 0.1) is 0 Å². The molecule has 0 saturated heterocycles. The number of para-hydroxylation sites is 1. The molecule has 3 aromatic rings. The molecule has 0 aliphatic carbocycles. The van der Waals surface area contributed by atoms with Gasteiger partial charge in [-0.05, 0) is 37.3 Å². The molecule has 0 saturated carbocycles. The quantitative estimate of drug-likeness (QED) is 0.593. The molecule has 2 N–H and O–H groups in total. The number of aromatic carboxylic acids is 1. The predicted molar refractivity (Wildman–Crippen MR) is 108 cm³/mol. The fraction of sp³-hybridized carbons (Fsp3) is 0.150. The number of benzene rings is 2. The summed E-state index contributed by atoms with van der Waals surface area (Å²) in [5.41, 5.74) is 2.19. The van der Waals surface area contributed by atoms with Crippen LogP contribution in [0.15, 0.2) is 48.7 Å². The predicted octanol–water partition coefficient (Wildman–Crippen LogP) is 4.28. The highest BCUT2D eigenvalue weighted by Gasteiger charge is 2.18. The van der Waals surface area contributed by atoms with Crippen LogP contribution in [0.1, 0.15) is 27.6 Å². The first-order valence-corrected chi connectivity index (χ1v) is 8.28. The number of ether oxygens (including phenoxy) is 2. The Morgan fingerprint density at radius 3 is 2.46 bits per heavy atom. The first kappa shape index (κ1) is 21.0. The van der Waals surface area contributed by atoms with E-state index in [0.717, 1.165) is 0 Å². The lowest BCUT2D eigenvalue weighted by Crippen LogP contribution is -2.09. The van der Waals surface area contributed by atoms with Crippen LogP contribution < -0.4 is 10.1 Å². The number of halogens is 1. The number of anilines is 2. The van der Waals surface area contributed by atoms with Gasteiger partial charge in [-0.1, -0.05) is 12.1 Å². The minimum absolute atomic E-state index is 0. The van der Waals surface area contributed by atoms with E-state index in [1.165, 1.54) is 18.3 Å².